The van der Waals surface area contributed by atoms with Crippen LogP contribution in [-0.2, 0) is 4.79 Å². The molecule has 1 saturated carbocycles. The maximum absolute atomic E-state index is 11.0. The van der Waals surface area contributed by atoms with Crippen LogP contribution in [0, 0.1) is 56.7 Å². The van der Waals surface area contributed by atoms with E-state index in [1.165, 1.54) is 4.90 Å². The maximum atomic E-state index is 11.0. The predicted octanol–water partition coefficient (Wildman–Crippen LogP) is 0.692. The van der Waals surface area contributed by atoms with E-state index in [2.05, 4.69) is 25.1 Å². The third-order valence-electron chi connectivity index (χ3n) is 6.18. The smallest absolute Gasteiger partial charge is 0.255 e. The molecule has 1 amide bonds. The summed E-state index contributed by atoms with van der Waals surface area (Å²) in [6.45, 7) is 4.28. The number of nitrogens with one attached hydrogen (secondary N) is 2. The van der Waals surface area contributed by atoms with Crippen LogP contribution in [-0.4, -0.2) is 37.9 Å². The van der Waals surface area contributed by atoms with Crippen LogP contribution in [0.1, 0.15) is 24.8 Å². The van der Waals surface area contributed by atoms with Crippen LogP contribution >= 0.6 is 0 Å². The lowest BCUT2D eigenvalue weighted by Gasteiger charge is -2.46. The van der Waals surface area contributed by atoms with Crippen LogP contribution in [0.2, 0.25) is 0 Å². The normalized spacial score (nSPS) is 26.4. The number of amides is 1. The number of hydrogen-bond acceptors (Lipinski definition) is 6. The number of primary amides is 1. The first-order valence-corrected chi connectivity index (χ1v) is 10.3. The van der Waals surface area contributed by atoms with Crippen molar-refractivity contribution in [2.45, 2.75) is 19.3 Å². The Morgan fingerprint density at radius 3 is 2.52 bits per heavy atom. The second-order valence-corrected chi connectivity index (χ2v) is 8.03. The molecule has 4 N–H and O–H groups in total. The van der Waals surface area contributed by atoms with E-state index in [9.17, 15) is 20.6 Å². The number of carbonyl (C=O) groups is 1. The van der Waals surface area contributed by atoms with Gasteiger partial charge >= 0.3 is 0 Å². The fourth-order valence-corrected chi connectivity index (χ4v) is 4.82. The van der Waals surface area contributed by atoms with E-state index in [0.29, 0.717) is 12.3 Å². The molecule has 0 bridgehead atoms. The standard InChI is InChI=1S/C23H24N6O2/c1-2-8-29-9-7-17-18(10-24)22(28)23(13-25,14-26)21(19(17)11-29)15-3-5-16(6-4-15)31-12-20(27)30/h3-7,18-19,21,28H,2,8-9,11-12H2,1H3,(H2,27,30)/p+1/t18?,19-,21-/m1/s1. The molecule has 3 rings (SSSR count). The van der Waals surface area contributed by atoms with Crippen LogP contribution < -0.4 is 15.4 Å². The molecule has 0 spiro atoms. The summed E-state index contributed by atoms with van der Waals surface area (Å²) in [4.78, 5) is 12.3. The van der Waals surface area contributed by atoms with Gasteiger partial charge in [0.1, 0.15) is 11.7 Å². The first-order valence-electron chi connectivity index (χ1n) is 10.3. The van der Waals surface area contributed by atoms with Gasteiger partial charge in [-0.05, 0) is 35.8 Å². The lowest BCUT2D eigenvalue weighted by Crippen LogP contribution is -3.13. The topological polar surface area (TPSA) is 152 Å². The molecular weight excluding hydrogens is 392 g/mol. The molecule has 1 aliphatic carbocycles. The molecule has 8 nitrogen and oxygen atoms in total. The van der Waals surface area contributed by atoms with Crippen molar-refractivity contribution in [3.05, 3.63) is 41.5 Å². The molecule has 2 unspecified atom stereocenters. The third kappa shape index (κ3) is 3.89. The number of nitriles is 3. The van der Waals surface area contributed by atoms with Crippen molar-refractivity contribution in [2.24, 2.45) is 23.0 Å². The number of nitrogens with zero attached hydrogens (tertiary/aromatic N) is 3. The summed E-state index contributed by atoms with van der Waals surface area (Å²) in [5.41, 5.74) is 4.80. The minimum Gasteiger partial charge on any atom is -0.484 e. The van der Waals surface area contributed by atoms with Gasteiger partial charge in [0, 0.05) is 11.8 Å². The highest BCUT2D eigenvalue weighted by Gasteiger charge is 2.58. The number of fused-ring (bicyclic) bond motifs is 1. The van der Waals surface area contributed by atoms with E-state index in [1.807, 2.05) is 6.08 Å². The minimum atomic E-state index is -1.73. The van der Waals surface area contributed by atoms with E-state index in [1.54, 1.807) is 24.3 Å². The largest absolute Gasteiger partial charge is 0.484 e. The molecule has 2 aliphatic rings. The molecule has 1 aromatic carbocycles. The van der Waals surface area contributed by atoms with Crippen LogP contribution in [0.4, 0.5) is 0 Å². The molecule has 158 valence electrons. The zero-order chi connectivity index (χ0) is 22.6. The number of nitrogens with two attached hydrogens (primary N) is 1. The Morgan fingerprint density at radius 1 is 1.29 bits per heavy atom. The Morgan fingerprint density at radius 2 is 1.97 bits per heavy atom. The molecule has 1 aliphatic heterocycles. The summed E-state index contributed by atoms with van der Waals surface area (Å²) < 4.78 is 5.32. The van der Waals surface area contributed by atoms with Crippen LogP contribution in [0.3, 0.4) is 0 Å². The lowest BCUT2D eigenvalue weighted by molar-refractivity contribution is -0.899. The summed E-state index contributed by atoms with van der Waals surface area (Å²) in [6.07, 6.45) is 3.03. The van der Waals surface area contributed by atoms with Gasteiger partial charge in [-0.3, -0.25) is 4.79 Å². The summed E-state index contributed by atoms with van der Waals surface area (Å²) in [7, 11) is 0. The highest BCUT2D eigenvalue weighted by atomic mass is 16.5. The van der Waals surface area contributed by atoms with E-state index in [-0.39, 0.29) is 18.2 Å². The average molecular weight is 417 g/mol. The highest BCUT2D eigenvalue weighted by molar-refractivity contribution is 6.00. The van der Waals surface area contributed by atoms with E-state index in [0.717, 1.165) is 30.6 Å². The first-order chi connectivity index (χ1) is 14.9. The molecule has 1 aromatic rings. The Balaban J connectivity index is 2.09. The van der Waals surface area contributed by atoms with Crippen molar-refractivity contribution < 1.29 is 14.4 Å². The molecule has 8 heteroatoms. The number of carbonyl (C=O) groups excluding carboxylic acids is 1. The van der Waals surface area contributed by atoms with Gasteiger partial charge in [0.2, 0.25) is 0 Å². The molecule has 0 saturated heterocycles. The first kappa shape index (κ1) is 22.0. The van der Waals surface area contributed by atoms with Crippen LogP contribution in [0.25, 0.3) is 0 Å². The Bertz CT molecular complexity index is 1010. The summed E-state index contributed by atoms with van der Waals surface area (Å²) >= 11 is 0. The SMILES string of the molecule is CCC[NH+]1CC=C2C(C#N)C(=N)C(C#N)(C#N)[C@H](c3ccc(OCC(N)=O)cc3)[C@@H]2C1. The highest BCUT2D eigenvalue weighted by Crippen LogP contribution is 2.52. The van der Waals surface area contributed by atoms with Gasteiger partial charge in [-0.25, -0.2) is 0 Å². The van der Waals surface area contributed by atoms with Crippen molar-refractivity contribution in [3.63, 3.8) is 0 Å². The zero-order valence-electron chi connectivity index (χ0n) is 17.4. The molecule has 4 atom stereocenters. The van der Waals surface area contributed by atoms with E-state index < -0.39 is 23.2 Å². The minimum absolute atomic E-state index is 0.152. The monoisotopic (exact) mass is 417 g/mol. The number of quaternary nitrogens is 1. The molecule has 0 radical (unpaired) electrons. The number of rotatable bonds is 6. The lowest BCUT2D eigenvalue weighted by atomic mass is 9.54. The Labute approximate surface area is 181 Å². The van der Waals surface area contributed by atoms with Gasteiger partial charge in [-0.2, -0.15) is 15.8 Å². The average Bonchev–Trinajstić information content (AvgIpc) is 2.78. The van der Waals surface area contributed by atoms with Crippen LogP contribution in [0.5, 0.6) is 5.75 Å². The zero-order valence-corrected chi connectivity index (χ0v) is 17.4. The number of benzene rings is 1. The molecule has 0 aromatic heterocycles. The van der Waals surface area contributed by atoms with Gasteiger partial charge in [-0.15, -0.1) is 0 Å². The van der Waals surface area contributed by atoms with Crippen molar-refractivity contribution in [1.82, 2.24) is 0 Å². The number of hydrogen-bond donors (Lipinski definition) is 3. The maximum Gasteiger partial charge on any atom is 0.255 e. The van der Waals surface area contributed by atoms with Crippen molar-refractivity contribution >= 4 is 11.6 Å². The van der Waals surface area contributed by atoms with Gasteiger partial charge < -0.3 is 20.8 Å². The van der Waals surface area contributed by atoms with E-state index >= 15 is 0 Å². The van der Waals surface area contributed by atoms with E-state index in [4.69, 9.17) is 15.9 Å². The number of ether oxygens (including phenoxy) is 1. The molecular formula is C23H25N6O2+. The predicted molar refractivity (Wildman–Crippen MR) is 112 cm³/mol. The quantitative estimate of drug-likeness (QED) is 0.582. The second-order valence-electron chi connectivity index (χ2n) is 8.03. The van der Waals surface area contributed by atoms with Gasteiger partial charge in [-0.1, -0.05) is 19.1 Å². The van der Waals surface area contributed by atoms with Gasteiger partial charge in [0.15, 0.2) is 12.0 Å². The second kappa shape index (κ2) is 9.00. The summed E-state index contributed by atoms with van der Waals surface area (Å²) in [5, 5.41) is 38.6. The Hall–Kier alpha value is -3.67. The Kier molecular flexibility index (Phi) is 6.39. The van der Waals surface area contributed by atoms with Crippen LogP contribution in [0.15, 0.2) is 35.9 Å². The van der Waals surface area contributed by atoms with Gasteiger partial charge in [0.25, 0.3) is 5.91 Å². The van der Waals surface area contributed by atoms with Crippen molar-refractivity contribution in [1.29, 1.82) is 21.2 Å². The molecule has 1 heterocycles. The molecule has 1 fully saturated rings. The summed E-state index contributed by atoms with van der Waals surface area (Å²) in [5.74, 6) is -1.78. The van der Waals surface area contributed by atoms with Crippen molar-refractivity contribution in [3.8, 4) is 24.0 Å². The van der Waals surface area contributed by atoms with Gasteiger partial charge in [0.05, 0.1) is 43.6 Å². The third-order valence-corrected chi connectivity index (χ3v) is 6.18. The fraction of sp³-hybridized carbons (Fsp3) is 0.435. The molecule has 31 heavy (non-hydrogen) atoms. The summed E-state index contributed by atoms with van der Waals surface area (Å²) in [6, 6.07) is 13.2. The fourth-order valence-electron chi connectivity index (χ4n) is 4.82. The van der Waals surface area contributed by atoms with Crippen molar-refractivity contribution in [2.75, 3.05) is 26.2 Å².